The van der Waals surface area contributed by atoms with Crippen molar-refractivity contribution in [2.45, 2.75) is 19.9 Å². The van der Waals surface area contributed by atoms with Crippen LogP contribution in [0.1, 0.15) is 13.8 Å². The Kier molecular flexibility index (Phi) is 3.83. The topological polar surface area (TPSA) is 58.3 Å². The number of aromatic nitrogens is 2. The molecule has 0 radical (unpaired) electrons. The molecule has 1 saturated heterocycles. The van der Waals surface area contributed by atoms with E-state index < -0.39 is 0 Å². The largest absolute Gasteiger partial charge is 0.383 e. The van der Waals surface area contributed by atoms with E-state index >= 15 is 0 Å². The van der Waals surface area contributed by atoms with E-state index in [9.17, 15) is 0 Å². The summed E-state index contributed by atoms with van der Waals surface area (Å²) in [7, 11) is 0. The minimum Gasteiger partial charge on any atom is -0.383 e. The Morgan fingerprint density at radius 1 is 1.47 bits per heavy atom. The predicted molar refractivity (Wildman–Crippen MR) is 73.1 cm³/mol. The predicted octanol–water partition coefficient (Wildman–Crippen LogP) is 1.35. The summed E-state index contributed by atoms with van der Waals surface area (Å²) in [5.41, 5.74) is 5.74. The molecule has 2 N–H and O–H groups in total. The van der Waals surface area contributed by atoms with Crippen molar-refractivity contribution in [2.75, 3.05) is 36.8 Å². The first-order chi connectivity index (χ1) is 8.10. The van der Waals surface area contributed by atoms with E-state index in [4.69, 9.17) is 5.73 Å². The van der Waals surface area contributed by atoms with Crippen molar-refractivity contribution in [3.63, 3.8) is 0 Å². The van der Waals surface area contributed by atoms with Gasteiger partial charge in [-0.2, -0.15) is 4.98 Å². The average Bonchev–Trinajstić information content (AvgIpc) is 2.27. The van der Waals surface area contributed by atoms with Gasteiger partial charge in [0, 0.05) is 31.7 Å². The highest BCUT2D eigenvalue weighted by atomic mass is 79.9. The zero-order chi connectivity index (χ0) is 12.4. The van der Waals surface area contributed by atoms with E-state index in [1.54, 1.807) is 6.07 Å². The summed E-state index contributed by atoms with van der Waals surface area (Å²) in [6.07, 6.45) is 0. The second kappa shape index (κ2) is 5.18. The second-order valence-corrected chi connectivity index (χ2v) is 5.15. The lowest BCUT2D eigenvalue weighted by Crippen LogP contribution is -2.52. The van der Waals surface area contributed by atoms with E-state index in [2.05, 4.69) is 49.5 Å². The van der Waals surface area contributed by atoms with Gasteiger partial charge in [-0.3, -0.25) is 4.90 Å². The van der Waals surface area contributed by atoms with E-state index in [1.165, 1.54) is 0 Å². The third-order valence-electron chi connectivity index (χ3n) is 3.16. The lowest BCUT2D eigenvalue weighted by molar-refractivity contribution is 0.198. The third kappa shape index (κ3) is 2.87. The van der Waals surface area contributed by atoms with Crippen LogP contribution in [0.15, 0.2) is 10.7 Å². The van der Waals surface area contributed by atoms with Crippen molar-refractivity contribution in [3.05, 3.63) is 10.7 Å². The second-order valence-electron chi connectivity index (χ2n) is 4.34. The SMILES string of the molecule is CCN1CCN(c2nc(N)cc(Br)n2)CC1C. The maximum absolute atomic E-state index is 5.74. The number of nitrogen functional groups attached to an aromatic ring is 1. The van der Waals surface area contributed by atoms with Crippen LogP contribution in [0.25, 0.3) is 0 Å². The first-order valence-electron chi connectivity index (χ1n) is 5.89. The lowest BCUT2D eigenvalue weighted by Gasteiger charge is -2.39. The molecule has 17 heavy (non-hydrogen) atoms. The summed E-state index contributed by atoms with van der Waals surface area (Å²) >= 11 is 3.35. The number of hydrogen-bond acceptors (Lipinski definition) is 5. The molecular weight excluding hydrogens is 282 g/mol. The van der Waals surface area contributed by atoms with Gasteiger partial charge in [-0.05, 0) is 29.4 Å². The number of nitrogens with zero attached hydrogens (tertiary/aromatic N) is 4. The molecule has 2 rings (SSSR count). The van der Waals surface area contributed by atoms with Crippen LogP contribution < -0.4 is 10.6 Å². The molecule has 1 aliphatic rings. The fourth-order valence-electron chi connectivity index (χ4n) is 2.21. The molecule has 0 aliphatic carbocycles. The Balaban J connectivity index is 2.13. The molecule has 6 heteroatoms. The average molecular weight is 300 g/mol. The Hall–Kier alpha value is -0.880. The fraction of sp³-hybridized carbons (Fsp3) is 0.636. The molecule has 0 aromatic carbocycles. The molecule has 5 nitrogen and oxygen atoms in total. The van der Waals surface area contributed by atoms with Crippen LogP contribution in [0.5, 0.6) is 0 Å². The van der Waals surface area contributed by atoms with E-state index in [-0.39, 0.29) is 0 Å². The molecule has 0 saturated carbocycles. The van der Waals surface area contributed by atoms with Crippen molar-refractivity contribution < 1.29 is 0 Å². The monoisotopic (exact) mass is 299 g/mol. The summed E-state index contributed by atoms with van der Waals surface area (Å²) in [5, 5.41) is 0. The van der Waals surface area contributed by atoms with Gasteiger partial charge in [0.2, 0.25) is 5.95 Å². The van der Waals surface area contributed by atoms with Crippen LogP contribution in [0.3, 0.4) is 0 Å². The van der Waals surface area contributed by atoms with Gasteiger partial charge < -0.3 is 10.6 Å². The van der Waals surface area contributed by atoms with Crippen molar-refractivity contribution in [1.82, 2.24) is 14.9 Å². The molecular formula is C11H18BrN5. The number of halogens is 1. The van der Waals surface area contributed by atoms with Crippen LogP contribution in [-0.4, -0.2) is 47.1 Å². The van der Waals surface area contributed by atoms with Crippen molar-refractivity contribution in [1.29, 1.82) is 0 Å². The highest BCUT2D eigenvalue weighted by Gasteiger charge is 2.24. The van der Waals surface area contributed by atoms with Crippen LogP contribution in [0.4, 0.5) is 11.8 Å². The number of likely N-dealkylation sites (N-methyl/N-ethyl adjacent to an activating group) is 1. The molecule has 1 fully saturated rings. The van der Waals surface area contributed by atoms with Crippen molar-refractivity contribution in [2.24, 2.45) is 0 Å². The quantitative estimate of drug-likeness (QED) is 0.836. The summed E-state index contributed by atoms with van der Waals surface area (Å²) in [5.74, 6) is 1.23. The van der Waals surface area contributed by atoms with Crippen LogP contribution in [0, 0.1) is 0 Å². The zero-order valence-corrected chi connectivity index (χ0v) is 11.8. The molecule has 0 bridgehead atoms. The normalized spacial score (nSPS) is 21.8. The van der Waals surface area contributed by atoms with Gasteiger partial charge in [-0.15, -0.1) is 0 Å². The van der Waals surface area contributed by atoms with Crippen molar-refractivity contribution >= 4 is 27.7 Å². The van der Waals surface area contributed by atoms with Gasteiger partial charge in [0.15, 0.2) is 0 Å². The zero-order valence-electron chi connectivity index (χ0n) is 10.2. The highest BCUT2D eigenvalue weighted by molar-refractivity contribution is 9.10. The first-order valence-corrected chi connectivity index (χ1v) is 6.68. The Labute approximate surface area is 110 Å². The number of piperazine rings is 1. The maximum Gasteiger partial charge on any atom is 0.228 e. The standard InChI is InChI=1S/C11H18BrN5/c1-3-16-4-5-17(7-8(16)2)11-14-9(12)6-10(13)15-11/h6,8H,3-5,7H2,1-2H3,(H2,13,14,15). The van der Waals surface area contributed by atoms with Gasteiger partial charge >= 0.3 is 0 Å². The molecule has 1 atom stereocenters. The van der Waals surface area contributed by atoms with Crippen molar-refractivity contribution in [3.8, 4) is 0 Å². The van der Waals surface area contributed by atoms with Gasteiger partial charge in [-0.1, -0.05) is 6.92 Å². The van der Waals surface area contributed by atoms with Gasteiger partial charge in [-0.25, -0.2) is 4.98 Å². The van der Waals surface area contributed by atoms with Gasteiger partial charge in [0.25, 0.3) is 0 Å². The van der Waals surface area contributed by atoms with E-state index in [1.807, 2.05) is 0 Å². The molecule has 94 valence electrons. The molecule has 1 aromatic heterocycles. The van der Waals surface area contributed by atoms with E-state index in [0.717, 1.165) is 36.7 Å². The molecule has 2 heterocycles. The minimum atomic E-state index is 0.507. The molecule has 1 unspecified atom stereocenters. The Bertz CT molecular complexity index is 377. The summed E-state index contributed by atoms with van der Waals surface area (Å²) in [6.45, 7) is 8.47. The van der Waals surface area contributed by atoms with Gasteiger partial charge in [0.05, 0.1) is 0 Å². The maximum atomic E-state index is 5.74. The minimum absolute atomic E-state index is 0.507. The highest BCUT2D eigenvalue weighted by Crippen LogP contribution is 2.19. The summed E-state index contributed by atoms with van der Waals surface area (Å²) in [4.78, 5) is 13.3. The summed E-state index contributed by atoms with van der Waals surface area (Å²) < 4.78 is 0.741. The molecule has 0 amide bonds. The fourth-order valence-corrected chi connectivity index (χ4v) is 2.60. The number of rotatable bonds is 2. The first kappa shape index (κ1) is 12.6. The van der Waals surface area contributed by atoms with E-state index in [0.29, 0.717) is 11.9 Å². The number of hydrogen-bond donors (Lipinski definition) is 1. The summed E-state index contributed by atoms with van der Waals surface area (Å²) in [6, 6.07) is 2.24. The molecule has 1 aliphatic heterocycles. The Morgan fingerprint density at radius 2 is 2.24 bits per heavy atom. The lowest BCUT2D eigenvalue weighted by atomic mass is 10.2. The third-order valence-corrected chi connectivity index (χ3v) is 3.56. The Morgan fingerprint density at radius 3 is 2.82 bits per heavy atom. The van der Waals surface area contributed by atoms with Crippen LogP contribution >= 0.6 is 15.9 Å². The van der Waals surface area contributed by atoms with Gasteiger partial charge in [0.1, 0.15) is 10.4 Å². The van der Waals surface area contributed by atoms with Crippen LogP contribution in [-0.2, 0) is 0 Å². The number of anilines is 2. The molecule has 1 aromatic rings. The number of nitrogens with two attached hydrogens (primary N) is 1. The van der Waals surface area contributed by atoms with Crippen LogP contribution in [0.2, 0.25) is 0 Å². The molecule has 0 spiro atoms. The smallest absolute Gasteiger partial charge is 0.228 e.